The third kappa shape index (κ3) is 1.97. The molecular weight excluding hydrogens is 236 g/mol. The summed E-state index contributed by atoms with van der Waals surface area (Å²) in [4.78, 5) is 0. The standard InChI is InChI=1S/C9H8O4S2/c1-13-7-3-2-6-4-9(15(10,11)12)14-8(6)5-7/h2-5H,1H3,(H,10,11,12). The van der Waals surface area contributed by atoms with Crippen molar-refractivity contribution in [2.24, 2.45) is 0 Å². The lowest BCUT2D eigenvalue weighted by atomic mass is 10.2. The Morgan fingerprint density at radius 2 is 2.07 bits per heavy atom. The van der Waals surface area contributed by atoms with E-state index in [0.29, 0.717) is 5.75 Å². The van der Waals surface area contributed by atoms with E-state index in [2.05, 4.69) is 0 Å². The Balaban J connectivity index is 2.66. The lowest BCUT2D eigenvalue weighted by Crippen LogP contribution is -1.92. The van der Waals surface area contributed by atoms with Gasteiger partial charge < -0.3 is 4.74 Å². The quantitative estimate of drug-likeness (QED) is 0.822. The molecule has 0 bridgehead atoms. The fraction of sp³-hybridized carbons (Fsp3) is 0.111. The molecule has 15 heavy (non-hydrogen) atoms. The topological polar surface area (TPSA) is 63.6 Å². The van der Waals surface area contributed by atoms with Crippen LogP contribution in [0.4, 0.5) is 0 Å². The lowest BCUT2D eigenvalue weighted by molar-refractivity contribution is 0.415. The van der Waals surface area contributed by atoms with Gasteiger partial charge in [-0.25, -0.2) is 0 Å². The first-order valence-electron chi connectivity index (χ1n) is 4.06. The van der Waals surface area contributed by atoms with E-state index in [9.17, 15) is 8.42 Å². The van der Waals surface area contributed by atoms with E-state index in [1.807, 2.05) is 0 Å². The number of thiophene rings is 1. The van der Waals surface area contributed by atoms with E-state index in [1.54, 1.807) is 25.3 Å². The molecule has 0 unspecified atom stereocenters. The van der Waals surface area contributed by atoms with Crippen LogP contribution in [0.3, 0.4) is 0 Å². The largest absolute Gasteiger partial charge is 0.497 e. The predicted molar refractivity (Wildman–Crippen MR) is 58.2 cm³/mol. The maximum atomic E-state index is 10.9. The first kappa shape index (κ1) is 10.4. The van der Waals surface area contributed by atoms with Gasteiger partial charge in [-0.1, -0.05) is 0 Å². The van der Waals surface area contributed by atoms with Crippen LogP contribution in [0.25, 0.3) is 10.1 Å². The summed E-state index contributed by atoms with van der Waals surface area (Å²) in [6.07, 6.45) is 0. The zero-order valence-electron chi connectivity index (χ0n) is 7.80. The molecule has 0 radical (unpaired) electrons. The summed E-state index contributed by atoms with van der Waals surface area (Å²) in [5, 5.41) is 0.772. The molecule has 6 heteroatoms. The number of rotatable bonds is 2. The second-order valence-corrected chi connectivity index (χ2v) is 5.68. The van der Waals surface area contributed by atoms with Gasteiger partial charge in [0.25, 0.3) is 0 Å². The van der Waals surface area contributed by atoms with Crippen molar-refractivity contribution < 1.29 is 17.7 Å². The lowest BCUT2D eigenvalue weighted by Gasteiger charge is -1.97. The summed E-state index contributed by atoms with van der Waals surface area (Å²) in [6.45, 7) is 0. The van der Waals surface area contributed by atoms with Gasteiger partial charge in [0.2, 0.25) is 0 Å². The van der Waals surface area contributed by atoms with Gasteiger partial charge in [-0.2, -0.15) is 8.42 Å². The van der Waals surface area contributed by atoms with Gasteiger partial charge in [-0.3, -0.25) is 4.55 Å². The van der Waals surface area contributed by atoms with Crippen LogP contribution in [0.1, 0.15) is 0 Å². The van der Waals surface area contributed by atoms with Crippen molar-refractivity contribution in [3.63, 3.8) is 0 Å². The van der Waals surface area contributed by atoms with E-state index in [-0.39, 0.29) is 4.21 Å². The second kappa shape index (κ2) is 3.48. The van der Waals surface area contributed by atoms with Crippen LogP contribution in [-0.2, 0) is 10.1 Å². The molecule has 2 aromatic rings. The van der Waals surface area contributed by atoms with Crippen molar-refractivity contribution >= 4 is 31.5 Å². The Labute approximate surface area is 90.9 Å². The van der Waals surface area contributed by atoms with E-state index < -0.39 is 10.1 Å². The third-order valence-electron chi connectivity index (χ3n) is 1.96. The predicted octanol–water partition coefficient (Wildman–Crippen LogP) is 2.16. The average Bonchev–Trinajstić information content (AvgIpc) is 2.59. The Bertz CT molecular complexity index is 598. The van der Waals surface area contributed by atoms with Gasteiger partial charge >= 0.3 is 10.1 Å². The fourth-order valence-electron chi connectivity index (χ4n) is 1.24. The second-order valence-electron chi connectivity index (χ2n) is 2.94. The van der Waals surface area contributed by atoms with Crippen LogP contribution >= 0.6 is 11.3 Å². The number of fused-ring (bicyclic) bond motifs is 1. The Morgan fingerprint density at radius 3 is 2.67 bits per heavy atom. The minimum absolute atomic E-state index is 0.0502. The molecule has 0 fully saturated rings. The third-order valence-corrected chi connectivity index (χ3v) is 4.36. The molecule has 0 aliphatic rings. The molecule has 0 aliphatic heterocycles. The molecule has 0 atom stereocenters. The molecule has 1 aromatic heterocycles. The molecule has 0 amide bonds. The highest BCUT2D eigenvalue weighted by Crippen LogP contribution is 2.31. The van der Waals surface area contributed by atoms with E-state index in [0.717, 1.165) is 21.4 Å². The minimum atomic E-state index is -4.11. The van der Waals surface area contributed by atoms with Gasteiger partial charge in [-0.05, 0) is 29.7 Å². The highest BCUT2D eigenvalue weighted by molar-refractivity contribution is 7.88. The molecule has 2 rings (SSSR count). The number of hydrogen-bond donors (Lipinski definition) is 1. The fourth-order valence-corrected chi connectivity index (χ4v) is 3.03. The van der Waals surface area contributed by atoms with Gasteiger partial charge in [0.1, 0.15) is 9.96 Å². The average molecular weight is 244 g/mol. The van der Waals surface area contributed by atoms with Gasteiger partial charge in [0.15, 0.2) is 0 Å². The highest BCUT2D eigenvalue weighted by atomic mass is 32.3. The zero-order chi connectivity index (χ0) is 11.1. The maximum absolute atomic E-state index is 10.9. The van der Waals surface area contributed by atoms with Crippen molar-refractivity contribution in [2.75, 3.05) is 7.11 Å². The number of methoxy groups -OCH3 is 1. The SMILES string of the molecule is COc1ccc2cc(S(=O)(=O)O)sc2c1. The van der Waals surface area contributed by atoms with Crippen molar-refractivity contribution in [1.29, 1.82) is 0 Å². The Hall–Kier alpha value is -1.11. The molecule has 0 aliphatic carbocycles. The molecule has 1 heterocycles. The molecule has 1 N–H and O–H groups in total. The van der Waals surface area contributed by atoms with Crippen LogP contribution < -0.4 is 4.74 Å². The van der Waals surface area contributed by atoms with Gasteiger partial charge in [-0.15, -0.1) is 11.3 Å². The number of ether oxygens (including phenoxy) is 1. The molecule has 80 valence electrons. The first-order valence-corrected chi connectivity index (χ1v) is 6.31. The van der Waals surface area contributed by atoms with Crippen LogP contribution in [0.5, 0.6) is 5.75 Å². The summed E-state index contributed by atoms with van der Waals surface area (Å²) in [5.41, 5.74) is 0. The van der Waals surface area contributed by atoms with Crippen LogP contribution in [0.2, 0.25) is 0 Å². The minimum Gasteiger partial charge on any atom is -0.497 e. The van der Waals surface area contributed by atoms with Gasteiger partial charge in [0.05, 0.1) is 7.11 Å². The smallest absolute Gasteiger partial charge is 0.304 e. The Morgan fingerprint density at radius 1 is 1.33 bits per heavy atom. The van der Waals surface area contributed by atoms with Crippen molar-refractivity contribution in [1.82, 2.24) is 0 Å². The molecule has 4 nitrogen and oxygen atoms in total. The van der Waals surface area contributed by atoms with Crippen molar-refractivity contribution in [2.45, 2.75) is 4.21 Å². The van der Waals surface area contributed by atoms with Crippen molar-refractivity contribution in [3.05, 3.63) is 24.3 Å². The Kier molecular flexibility index (Phi) is 2.41. The van der Waals surface area contributed by atoms with Crippen LogP contribution in [-0.4, -0.2) is 20.1 Å². The normalized spacial score (nSPS) is 11.9. The molecular formula is C9H8O4S2. The van der Waals surface area contributed by atoms with E-state index in [4.69, 9.17) is 9.29 Å². The highest BCUT2D eigenvalue weighted by Gasteiger charge is 2.13. The van der Waals surface area contributed by atoms with E-state index >= 15 is 0 Å². The van der Waals surface area contributed by atoms with Crippen LogP contribution in [0, 0.1) is 0 Å². The van der Waals surface area contributed by atoms with Gasteiger partial charge in [0, 0.05) is 4.70 Å². The van der Waals surface area contributed by atoms with Crippen molar-refractivity contribution in [3.8, 4) is 5.75 Å². The summed E-state index contributed by atoms with van der Waals surface area (Å²) in [6, 6.07) is 6.66. The number of benzene rings is 1. The summed E-state index contributed by atoms with van der Waals surface area (Å²) >= 11 is 1.02. The summed E-state index contributed by atoms with van der Waals surface area (Å²) < 4.78 is 36.4. The zero-order valence-corrected chi connectivity index (χ0v) is 9.43. The van der Waals surface area contributed by atoms with Crippen LogP contribution in [0.15, 0.2) is 28.5 Å². The van der Waals surface area contributed by atoms with E-state index in [1.165, 1.54) is 6.07 Å². The molecule has 0 saturated carbocycles. The monoisotopic (exact) mass is 244 g/mol. The molecule has 0 spiro atoms. The molecule has 0 saturated heterocycles. The number of hydrogen-bond acceptors (Lipinski definition) is 4. The maximum Gasteiger partial charge on any atom is 0.304 e. The summed E-state index contributed by atoms with van der Waals surface area (Å²) in [5.74, 6) is 0.659. The molecule has 1 aromatic carbocycles. The summed E-state index contributed by atoms with van der Waals surface area (Å²) in [7, 11) is -2.57. The first-order chi connectivity index (χ1) is 7.00.